The van der Waals surface area contributed by atoms with Gasteiger partial charge in [-0.2, -0.15) is 0 Å². The SMILES string of the molecule is O=C1NCc2ccccc2C[C@@H]1F. The van der Waals surface area contributed by atoms with Crippen LogP contribution < -0.4 is 5.32 Å². The van der Waals surface area contributed by atoms with E-state index < -0.39 is 12.1 Å². The van der Waals surface area contributed by atoms with Crippen LogP contribution in [-0.2, 0) is 17.8 Å². The number of alkyl halides is 1. The van der Waals surface area contributed by atoms with Crippen molar-refractivity contribution in [2.75, 3.05) is 0 Å². The molecule has 2 nitrogen and oxygen atoms in total. The fraction of sp³-hybridized carbons (Fsp3) is 0.300. The van der Waals surface area contributed by atoms with E-state index in [4.69, 9.17) is 0 Å². The van der Waals surface area contributed by atoms with Crippen LogP contribution in [0, 0.1) is 0 Å². The Morgan fingerprint density at radius 3 is 2.77 bits per heavy atom. The Hall–Kier alpha value is -1.38. The quantitative estimate of drug-likeness (QED) is 0.637. The molecule has 1 aliphatic heterocycles. The van der Waals surface area contributed by atoms with Gasteiger partial charge in [0.15, 0.2) is 6.17 Å². The highest BCUT2D eigenvalue weighted by molar-refractivity contribution is 5.81. The predicted octanol–water partition coefficient (Wildman–Crippen LogP) is 1.20. The third kappa shape index (κ3) is 1.54. The summed E-state index contributed by atoms with van der Waals surface area (Å²) in [7, 11) is 0. The number of benzene rings is 1. The molecule has 0 radical (unpaired) electrons. The highest BCUT2D eigenvalue weighted by Gasteiger charge is 2.22. The minimum atomic E-state index is -1.40. The summed E-state index contributed by atoms with van der Waals surface area (Å²) in [5.41, 5.74) is 1.93. The van der Waals surface area contributed by atoms with E-state index in [1.165, 1.54) is 0 Å². The maximum absolute atomic E-state index is 13.1. The Bertz CT molecular complexity index is 337. The molecule has 1 aliphatic rings. The lowest BCUT2D eigenvalue weighted by Gasteiger charge is -2.02. The molecule has 0 aromatic heterocycles. The summed E-state index contributed by atoms with van der Waals surface area (Å²) in [5.74, 6) is -0.504. The summed E-state index contributed by atoms with van der Waals surface area (Å²) in [6, 6.07) is 7.53. The van der Waals surface area contributed by atoms with E-state index >= 15 is 0 Å². The zero-order chi connectivity index (χ0) is 9.26. The molecule has 68 valence electrons. The van der Waals surface area contributed by atoms with Gasteiger partial charge in [0.2, 0.25) is 0 Å². The van der Waals surface area contributed by atoms with Crippen LogP contribution in [0.25, 0.3) is 0 Å². The van der Waals surface area contributed by atoms with E-state index in [9.17, 15) is 9.18 Å². The Morgan fingerprint density at radius 1 is 1.31 bits per heavy atom. The van der Waals surface area contributed by atoms with Crippen molar-refractivity contribution in [3.8, 4) is 0 Å². The fourth-order valence-corrected chi connectivity index (χ4v) is 1.51. The highest BCUT2D eigenvalue weighted by Crippen LogP contribution is 2.15. The average molecular weight is 179 g/mol. The number of amides is 1. The van der Waals surface area contributed by atoms with Crippen molar-refractivity contribution >= 4 is 5.91 Å². The van der Waals surface area contributed by atoms with Crippen LogP contribution in [0.2, 0.25) is 0 Å². The summed E-state index contributed by atoms with van der Waals surface area (Å²) < 4.78 is 13.1. The average Bonchev–Trinajstić information content (AvgIpc) is 2.28. The lowest BCUT2D eigenvalue weighted by atomic mass is 10.0. The molecule has 1 N–H and O–H groups in total. The molecule has 1 aromatic rings. The van der Waals surface area contributed by atoms with E-state index in [0.717, 1.165) is 11.1 Å². The number of rotatable bonds is 0. The van der Waals surface area contributed by atoms with Crippen molar-refractivity contribution in [2.24, 2.45) is 0 Å². The molecule has 0 spiro atoms. The van der Waals surface area contributed by atoms with Crippen molar-refractivity contribution in [2.45, 2.75) is 19.1 Å². The van der Waals surface area contributed by atoms with Crippen molar-refractivity contribution in [1.29, 1.82) is 0 Å². The summed E-state index contributed by atoms with van der Waals surface area (Å²) in [6.45, 7) is 0.440. The molecule has 0 saturated carbocycles. The number of nitrogens with one attached hydrogen (secondary N) is 1. The first-order chi connectivity index (χ1) is 6.27. The molecule has 0 saturated heterocycles. The molecule has 0 aliphatic carbocycles. The topological polar surface area (TPSA) is 29.1 Å². The van der Waals surface area contributed by atoms with Crippen LogP contribution in [0.5, 0.6) is 0 Å². The first-order valence-corrected chi connectivity index (χ1v) is 4.26. The molecule has 0 unspecified atom stereocenters. The summed E-state index contributed by atoms with van der Waals surface area (Å²) in [6.07, 6.45) is -1.20. The lowest BCUT2D eigenvalue weighted by Crippen LogP contribution is -2.29. The fourth-order valence-electron chi connectivity index (χ4n) is 1.51. The maximum atomic E-state index is 13.1. The van der Waals surface area contributed by atoms with Gasteiger partial charge in [-0.25, -0.2) is 4.39 Å². The largest absolute Gasteiger partial charge is 0.349 e. The third-order valence-corrected chi connectivity index (χ3v) is 2.26. The first-order valence-electron chi connectivity index (χ1n) is 4.26. The van der Waals surface area contributed by atoms with E-state index in [1.54, 1.807) is 0 Å². The monoisotopic (exact) mass is 179 g/mol. The molecule has 0 fully saturated rings. The lowest BCUT2D eigenvalue weighted by molar-refractivity contribution is -0.125. The van der Waals surface area contributed by atoms with Gasteiger partial charge in [0.1, 0.15) is 0 Å². The van der Waals surface area contributed by atoms with Crippen molar-refractivity contribution in [3.05, 3.63) is 35.4 Å². The minimum Gasteiger partial charge on any atom is -0.349 e. The molecule has 1 heterocycles. The zero-order valence-electron chi connectivity index (χ0n) is 7.09. The van der Waals surface area contributed by atoms with Crippen LogP contribution >= 0.6 is 0 Å². The standard InChI is InChI=1S/C10H10FNO/c11-9-5-7-3-1-2-4-8(7)6-12-10(9)13/h1-4,9H,5-6H2,(H,12,13)/t9-/m0/s1. The van der Waals surface area contributed by atoms with Crippen molar-refractivity contribution in [1.82, 2.24) is 5.32 Å². The predicted molar refractivity (Wildman–Crippen MR) is 46.9 cm³/mol. The molecule has 13 heavy (non-hydrogen) atoms. The normalized spacial score (nSPS) is 21.6. The molecule has 1 amide bonds. The smallest absolute Gasteiger partial charge is 0.255 e. The molecule has 2 rings (SSSR count). The van der Waals surface area contributed by atoms with Crippen LogP contribution in [0.4, 0.5) is 4.39 Å². The second-order valence-electron chi connectivity index (χ2n) is 3.16. The van der Waals surface area contributed by atoms with E-state index in [2.05, 4.69) is 5.32 Å². The van der Waals surface area contributed by atoms with Crippen LogP contribution in [0.15, 0.2) is 24.3 Å². The van der Waals surface area contributed by atoms with Gasteiger partial charge in [0.25, 0.3) is 5.91 Å². The Kier molecular flexibility index (Phi) is 2.00. The first kappa shape index (κ1) is 8.23. The van der Waals surface area contributed by atoms with Gasteiger partial charge < -0.3 is 5.32 Å². The van der Waals surface area contributed by atoms with Crippen LogP contribution in [0.3, 0.4) is 0 Å². The number of fused-ring (bicyclic) bond motifs is 1. The van der Waals surface area contributed by atoms with Gasteiger partial charge in [0, 0.05) is 13.0 Å². The molecular formula is C10H10FNO. The van der Waals surface area contributed by atoms with E-state index in [0.29, 0.717) is 6.54 Å². The number of hydrogen-bond donors (Lipinski definition) is 1. The Balaban J connectivity index is 2.35. The van der Waals surface area contributed by atoms with Crippen molar-refractivity contribution < 1.29 is 9.18 Å². The summed E-state index contributed by atoms with van der Waals surface area (Å²) in [4.78, 5) is 11.0. The van der Waals surface area contributed by atoms with Gasteiger partial charge in [-0.1, -0.05) is 24.3 Å². The number of hydrogen-bond acceptors (Lipinski definition) is 1. The molecule has 3 heteroatoms. The maximum Gasteiger partial charge on any atom is 0.255 e. The second-order valence-corrected chi connectivity index (χ2v) is 3.16. The molecular weight excluding hydrogens is 169 g/mol. The highest BCUT2D eigenvalue weighted by atomic mass is 19.1. The second kappa shape index (κ2) is 3.17. The van der Waals surface area contributed by atoms with E-state index in [-0.39, 0.29) is 6.42 Å². The van der Waals surface area contributed by atoms with Gasteiger partial charge in [0.05, 0.1) is 0 Å². The third-order valence-electron chi connectivity index (χ3n) is 2.26. The number of carbonyl (C=O) groups excluding carboxylic acids is 1. The number of carbonyl (C=O) groups is 1. The van der Waals surface area contributed by atoms with E-state index in [1.807, 2.05) is 24.3 Å². The Morgan fingerprint density at radius 2 is 2.00 bits per heavy atom. The minimum absolute atomic E-state index is 0.196. The van der Waals surface area contributed by atoms with Crippen LogP contribution in [0.1, 0.15) is 11.1 Å². The summed E-state index contributed by atoms with van der Waals surface area (Å²) in [5, 5.41) is 2.54. The Labute approximate surface area is 75.8 Å². The van der Waals surface area contributed by atoms with Gasteiger partial charge in [-0.05, 0) is 11.1 Å². The van der Waals surface area contributed by atoms with Crippen LogP contribution in [-0.4, -0.2) is 12.1 Å². The number of halogens is 1. The zero-order valence-corrected chi connectivity index (χ0v) is 7.09. The van der Waals surface area contributed by atoms with Crippen molar-refractivity contribution in [3.63, 3.8) is 0 Å². The molecule has 1 aromatic carbocycles. The molecule has 0 bridgehead atoms. The molecule has 1 atom stereocenters. The summed E-state index contributed by atoms with van der Waals surface area (Å²) >= 11 is 0. The van der Waals surface area contributed by atoms with Gasteiger partial charge >= 0.3 is 0 Å². The van der Waals surface area contributed by atoms with Gasteiger partial charge in [-0.15, -0.1) is 0 Å². The van der Waals surface area contributed by atoms with Gasteiger partial charge in [-0.3, -0.25) is 4.79 Å².